The van der Waals surface area contributed by atoms with Gasteiger partial charge in [0.1, 0.15) is 0 Å². The van der Waals surface area contributed by atoms with Gasteiger partial charge in [-0.1, -0.05) is 0 Å². The molecule has 0 aliphatic carbocycles. The minimum Gasteiger partial charge on any atom is -0.325 e. The second-order valence-corrected chi connectivity index (χ2v) is 5.17. The van der Waals surface area contributed by atoms with Crippen LogP contribution in [0.2, 0.25) is 0 Å². The van der Waals surface area contributed by atoms with Crippen molar-refractivity contribution < 1.29 is 4.79 Å². The average molecular weight is 305 g/mol. The van der Waals surface area contributed by atoms with E-state index in [9.17, 15) is 4.79 Å². The number of thioether (sulfide) groups is 1. The summed E-state index contributed by atoms with van der Waals surface area (Å²) < 4.78 is 1.15. The molecule has 1 N–H and O–H groups in total. The largest absolute Gasteiger partial charge is 0.325 e. The summed E-state index contributed by atoms with van der Waals surface area (Å²) in [5.41, 5.74) is 0.958. The van der Waals surface area contributed by atoms with E-state index in [1.165, 1.54) is 4.90 Å². The Bertz CT molecular complexity index is 353. The molecular weight excluding hydrogens is 297 g/mol. The second-order valence-electron chi connectivity index (χ2n) is 2.79. The van der Waals surface area contributed by atoms with Gasteiger partial charge in [0, 0.05) is 20.6 Å². The standard InChI is InChI=1S/C9H8INOS/c10-6-1-2-8-7(5-6)11-9(12)3-4-13-8/h1-2,5H,3-4H2,(H,11,12). The molecule has 0 aromatic heterocycles. The molecule has 1 aliphatic rings. The first-order valence-electron chi connectivity index (χ1n) is 3.98. The van der Waals surface area contributed by atoms with Crippen molar-refractivity contribution in [3.8, 4) is 0 Å². The minimum atomic E-state index is 0.119. The number of halogens is 1. The molecule has 1 aromatic rings. The Hall–Kier alpha value is -0.230. The van der Waals surface area contributed by atoms with Gasteiger partial charge >= 0.3 is 0 Å². The van der Waals surface area contributed by atoms with E-state index in [0.717, 1.165) is 15.0 Å². The van der Waals surface area contributed by atoms with Gasteiger partial charge in [0.25, 0.3) is 0 Å². The fourth-order valence-electron chi connectivity index (χ4n) is 1.19. The van der Waals surface area contributed by atoms with Crippen LogP contribution in [-0.4, -0.2) is 11.7 Å². The lowest BCUT2D eigenvalue weighted by Gasteiger charge is -2.05. The Balaban J connectivity index is 2.40. The molecule has 0 saturated heterocycles. The van der Waals surface area contributed by atoms with Crippen LogP contribution in [0.25, 0.3) is 0 Å². The molecule has 0 bridgehead atoms. The summed E-state index contributed by atoms with van der Waals surface area (Å²) in [5, 5.41) is 2.90. The van der Waals surface area contributed by atoms with E-state index in [-0.39, 0.29) is 5.91 Å². The van der Waals surface area contributed by atoms with Crippen LogP contribution in [0.3, 0.4) is 0 Å². The molecule has 4 heteroatoms. The Labute approximate surface area is 94.6 Å². The topological polar surface area (TPSA) is 29.1 Å². The summed E-state index contributed by atoms with van der Waals surface area (Å²) in [4.78, 5) is 12.4. The van der Waals surface area contributed by atoms with E-state index in [0.29, 0.717) is 6.42 Å². The number of nitrogens with one attached hydrogen (secondary N) is 1. The van der Waals surface area contributed by atoms with Gasteiger partial charge in [0.15, 0.2) is 0 Å². The van der Waals surface area contributed by atoms with Crippen molar-refractivity contribution in [2.45, 2.75) is 11.3 Å². The lowest BCUT2D eigenvalue weighted by Crippen LogP contribution is -2.10. The Morgan fingerprint density at radius 3 is 3.15 bits per heavy atom. The molecule has 2 rings (SSSR count). The number of amides is 1. The van der Waals surface area contributed by atoms with Gasteiger partial charge in [-0.3, -0.25) is 4.79 Å². The number of fused-ring (bicyclic) bond motifs is 1. The summed E-state index contributed by atoms with van der Waals surface area (Å²) in [6, 6.07) is 6.13. The highest BCUT2D eigenvalue weighted by Gasteiger charge is 2.12. The van der Waals surface area contributed by atoms with Crippen LogP contribution >= 0.6 is 34.4 Å². The minimum absolute atomic E-state index is 0.119. The van der Waals surface area contributed by atoms with Crippen molar-refractivity contribution in [3.05, 3.63) is 21.8 Å². The van der Waals surface area contributed by atoms with Crippen molar-refractivity contribution >= 4 is 45.9 Å². The number of benzene rings is 1. The number of rotatable bonds is 0. The van der Waals surface area contributed by atoms with Crippen molar-refractivity contribution in [2.24, 2.45) is 0 Å². The monoisotopic (exact) mass is 305 g/mol. The fraction of sp³-hybridized carbons (Fsp3) is 0.222. The third kappa shape index (κ3) is 2.17. The predicted molar refractivity (Wildman–Crippen MR) is 63.1 cm³/mol. The van der Waals surface area contributed by atoms with Gasteiger partial charge in [-0.25, -0.2) is 0 Å². The summed E-state index contributed by atoms with van der Waals surface area (Å²) in [6.07, 6.45) is 0.607. The molecule has 0 spiro atoms. The van der Waals surface area contributed by atoms with Gasteiger partial charge in [0.2, 0.25) is 5.91 Å². The molecule has 2 nitrogen and oxygen atoms in total. The van der Waals surface area contributed by atoms with E-state index in [1.54, 1.807) is 11.8 Å². The Morgan fingerprint density at radius 2 is 2.31 bits per heavy atom. The molecule has 1 amide bonds. The van der Waals surface area contributed by atoms with Gasteiger partial charge < -0.3 is 5.32 Å². The quantitative estimate of drug-likeness (QED) is 0.747. The first-order valence-corrected chi connectivity index (χ1v) is 6.04. The number of hydrogen-bond acceptors (Lipinski definition) is 2. The molecule has 1 heterocycles. The number of hydrogen-bond donors (Lipinski definition) is 1. The first kappa shape index (κ1) is 9.33. The molecule has 0 saturated carbocycles. The maximum absolute atomic E-state index is 11.2. The highest BCUT2D eigenvalue weighted by atomic mass is 127. The first-order chi connectivity index (χ1) is 6.25. The molecule has 68 valence electrons. The smallest absolute Gasteiger partial charge is 0.225 e. The molecule has 0 unspecified atom stereocenters. The number of anilines is 1. The van der Waals surface area contributed by atoms with E-state index in [1.807, 2.05) is 6.07 Å². The van der Waals surface area contributed by atoms with Crippen LogP contribution in [0, 0.1) is 3.57 Å². The third-order valence-corrected chi connectivity index (χ3v) is 3.55. The predicted octanol–water partition coefficient (Wildman–Crippen LogP) is 2.73. The van der Waals surface area contributed by atoms with Crippen LogP contribution in [0.1, 0.15) is 6.42 Å². The lowest BCUT2D eigenvalue weighted by molar-refractivity contribution is -0.115. The molecule has 0 fully saturated rings. The second kappa shape index (κ2) is 3.88. The number of carbonyl (C=O) groups excluding carboxylic acids is 1. The van der Waals surface area contributed by atoms with E-state index in [2.05, 4.69) is 40.0 Å². The third-order valence-electron chi connectivity index (χ3n) is 1.80. The fourth-order valence-corrected chi connectivity index (χ4v) is 2.62. The van der Waals surface area contributed by atoms with E-state index in [4.69, 9.17) is 0 Å². The molecule has 13 heavy (non-hydrogen) atoms. The summed E-state index contributed by atoms with van der Waals surface area (Å²) in [6.45, 7) is 0. The van der Waals surface area contributed by atoms with Gasteiger partial charge in [-0.05, 0) is 40.8 Å². The number of carbonyl (C=O) groups is 1. The van der Waals surface area contributed by atoms with E-state index >= 15 is 0 Å². The lowest BCUT2D eigenvalue weighted by atomic mass is 10.3. The SMILES string of the molecule is O=C1CCSc2ccc(I)cc2N1. The average Bonchev–Trinajstić information content (AvgIpc) is 2.25. The van der Waals surface area contributed by atoms with Crippen LogP contribution in [0.15, 0.2) is 23.1 Å². The van der Waals surface area contributed by atoms with Crippen molar-refractivity contribution in [2.75, 3.05) is 11.1 Å². The normalized spacial score (nSPS) is 15.9. The van der Waals surface area contributed by atoms with Gasteiger partial charge in [-0.2, -0.15) is 0 Å². The molecular formula is C9H8INOS. The van der Waals surface area contributed by atoms with Crippen molar-refractivity contribution in [1.29, 1.82) is 0 Å². The summed E-state index contributed by atoms with van der Waals surface area (Å²) in [5.74, 6) is 0.993. The molecule has 0 radical (unpaired) electrons. The van der Waals surface area contributed by atoms with Crippen LogP contribution < -0.4 is 5.32 Å². The van der Waals surface area contributed by atoms with E-state index < -0.39 is 0 Å². The zero-order valence-electron chi connectivity index (χ0n) is 6.84. The highest BCUT2D eigenvalue weighted by molar-refractivity contribution is 14.1. The van der Waals surface area contributed by atoms with Gasteiger partial charge in [-0.15, -0.1) is 11.8 Å². The van der Waals surface area contributed by atoms with Crippen LogP contribution in [0.4, 0.5) is 5.69 Å². The zero-order valence-corrected chi connectivity index (χ0v) is 9.81. The van der Waals surface area contributed by atoms with Crippen LogP contribution in [-0.2, 0) is 4.79 Å². The molecule has 0 atom stereocenters. The van der Waals surface area contributed by atoms with Crippen LogP contribution in [0.5, 0.6) is 0 Å². The van der Waals surface area contributed by atoms with Crippen molar-refractivity contribution in [1.82, 2.24) is 0 Å². The van der Waals surface area contributed by atoms with Gasteiger partial charge in [0.05, 0.1) is 5.69 Å². The zero-order chi connectivity index (χ0) is 9.26. The molecule has 1 aliphatic heterocycles. The highest BCUT2D eigenvalue weighted by Crippen LogP contribution is 2.31. The maximum atomic E-state index is 11.2. The maximum Gasteiger partial charge on any atom is 0.225 e. The van der Waals surface area contributed by atoms with Crippen molar-refractivity contribution in [3.63, 3.8) is 0 Å². The Kier molecular flexibility index (Phi) is 2.78. The molecule has 1 aromatic carbocycles. The Morgan fingerprint density at radius 1 is 1.46 bits per heavy atom. The summed E-state index contributed by atoms with van der Waals surface area (Å²) >= 11 is 3.98. The summed E-state index contributed by atoms with van der Waals surface area (Å²) in [7, 11) is 0.